The van der Waals surface area contributed by atoms with Crippen LogP contribution in [0, 0.1) is 0 Å². The summed E-state index contributed by atoms with van der Waals surface area (Å²) in [5, 5.41) is 5.60. The van der Waals surface area contributed by atoms with Crippen LogP contribution >= 0.6 is 22.9 Å². The van der Waals surface area contributed by atoms with E-state index in [4.69, 9.17) is 20.8 Å². The number of ether oxygens (including phenoxy) is 1. The molecule has 3 aromatic rings. The molecular formula is C19H18ClNO3S. The van der Waals surface area contributed by atoms with Crippen LogP contribution in [0.1, 0.15) is 18.7 Å². The highest BCUT2D eigenvalue weighted by atomic mass is 35.5. The number of furan rings is 1. The van der Waals surface area contributed by atoms with Crippen LogP contribution in [0.15, 0.2) is 58.7 Å². The first-order valence-electron chi connectivity index (χ1n) is 7.77. The number of carbonyl (C=O) groups excluding carboxylic acids is 1. The molecule has 0 radical (unpaired) electrons. The Morgan fingerprint density at radius 2 is 2.00 bits per heavy atom. The number of rotatable bonds is 6. The summed E-state index contributed by atoms with van der Waals surface area (Å²) in [4.78, 5) is 13.5. The fourth-order valence-corrected chi connectivity index (χ4v) is 3.24. The monoisotopic (exact) mass is 375 g/mol. The van der Waals surface area contributed by atoms with Crippen LogP contribution in [0.4, 0.5) is 0 Å². The number of carbonyl (C=O) groups is 1. The van der Waals surface area contributed by atoms with E-state index >= 15 is 0 Å². The minimum atomic E-state index is -0.988. The van der Waals surface area contributed by atoms with Crippen molar-refractivity contribution in [3.8, 4) is 16.9 Å². The van der Waals surface area contributed by atoms with Gasteiger partial charge in [-0.1, -0.05) is 11.6 Å². The third-order valence-electron chi connectivity index (χ3n) is 3.66. The number of hydrogen-bond acceptors (Lipinski definition) is 4. The van der Waals surface area contributed by atoms with Crippen molar-refractivity contribution in [2.24, 2.45) is 0 Å². The summed E-state index contributed by atoms with van der Waals surface area (Å²) in [7, 11) is 0. The van der Waals surface area contributed by atoms with Gasteiger partial charge >= 0.3 is 0 Å². The Morgan fingerprint density at radius 1 is 1.24 bits per heavy atom. The molecule has 1 N–H and O–H groups in total. The molecule has 2 aromatic heterocycles. The van der Waals surface area contributed by atoms with Crippen molar-refractivity contribution in [2.45, 2.75) is 26.0 Å². The molecule has 0 aliphatic carbocycles. The van der Waals surface area contributed by atoms with Gasteiger partial charge in [-0.3, -0.25) is 4.79 Å². The van der Waals surface area contributed by atoms with Crippen LogP contribution in [-0.4, -0.2) is 11.5 Å². The first-order valence-corrected chi connectivity index (χ1v) is 9.03. The molecule has 0 bridgehead atoms. The van der Waals surface area contributed by atoms with Gasteiger partial charge in [0.15, 0.2) is 5.60 Å². The lowest BCUT2D eigenvalue weighted by molar-refractivity contribution is -0.134. The highest BCUT2D eigenvalue weighted by Crippen LogP contribution is 2.26. The van der Waals surface area contributed by atoms with Crippen molar-refractivity contribution in [1.29, 1.82) is 0 Å². The first kappa shape index (κ1) is 17.6. The molecule has 0 aliphatic rings. The van der Waals surface area contributed by atoms with E-state index in [9.17, 15) is 4.79 Å². The second kappa shape index (κ2) is 7.33. The molecule has 1 aromatic carbocycles. The second-order valence-corrected chi connectivity index (χ2v) is 7.49. The average molecular weight is 376 g/mol. The lowest BCUT2D eigenvalue weighted by Gasteiger charge is -2.25. The summed E-state index contributed by atoms with van der Waals surface area (Å²) in [6, 6.07) is 10.9. The first-order chi connectivity index (χ1) is 11.9. The molecule has 130 valence electrons. The Kier molecular flexibility index (Phi) is 5.16. The third kappa shape index (κ3) is 4.44. The zero-order chi connectivity index (χ0) is 17.9. The fourth-order valence-electron chi connectivity index (χ4n) is 2.28. The molecule has 6 heteroatoms. The Labute approximate surface area is 155 Å². The summed E-state index contributed by atoms with van der Waals surface area (Å²) in [6.45, 7) is 3.93. The zero-order valence-corrected chi connectivity index (χ0v) is 15.5. The molecule has 1 amide bonds. The molecule has 0 saturated heterocycles. The molecule has 0 spiro atoms. The van der Waals surface area contributed by atoms with E-state index in [0.29, 0.717) is 17.3 Å². The summed E-state index contributed by atoms with van der Waals surface area (Å²) >= 11 is 7.46. The number of hydrogen-bond donors (Lipinski definition) is 1. The number of thiophene rings is 1. The van der Waals surface area contributed by atoms with E-state index in [1.807, 2.05) is 17.5 Å². The SMILES string of the molecule is CC(C)(Oc1ccc(Cl)cc1)C(=O)NCc1cc(-c2ccoc2)cs1. The van der Waals surface area contributed by atoms with Crippen molar-refractivity contribution in [1.82, 2.24) is 5.32 Å². The minimum absolute atomic E-state index is 0.180. The Morgan fingerprint density at radius 3 is 2.68 bits per heavy atom. The topological polar surface area (TPSA) is 51.5 Å². The van der Waals surface area contributed by atoms with Gasteiger partial charge < -0.3 is 14.5 Å². The maximum atomic E-state index is 12.5. The zero-order valence-electron chi connectivity index (χ0n) is 13.9. The van der Waals surface area contributed by atoms with Crippen molar-refractivity contribution >= 4 is 28.8 Å². The second-order valence-electron chi connectivity index (χ2n) is 6.06. The lowest BCUT2D eigenvalue weighted by Crippen LogP contribution is -2.46. The maximum absolute atomic E-state index is 12.5. The summed E-state index contributed by atoms with van der Waals surface area (Å²) in [5.74, 6) is 0.420. The minimum Gasteiger partial charge on any atom is -0.478 e. The molecule has 25 heavy (non-hydrogen) atoms. The molecule has 0 unspecified atom stereocenters. The van der Waals surface area contributed by atoms with Crippen molar-refractivity contribution in [3.63, 3.8) is 0 Å². The van der Waals surface area contributed by atoms with Crippen molar-refractivity contribution < 1.29 is 13.9 Å². The number of benzene rings is 1. The molecule has 0 aliphatic heterocycles. The number of halogens is 1. The molecular weight excluding hydrogens is 358 g/mol. The quantitative estimate of drug-likeness (QED) is 0.649. The summed E-state index contributed by atoms with van der Waals surface area (Å²) in [6.07, 6.45) is 3.35. The van der Waals surface area contributed by atoms with Crippen LogP contribution in [0.25, 0.3) is 11.1 Å². The smallest absolute Gasteiger partial charge is 0.263 e. The standard InChI is InChI=1S/C19H18ClNO3S/c1-19(2,24-16-5-3-15(20)4-6-16)18(22)21-10-17-9-14(12-25-17)13-7-8-23-11-13/h3-9,11-12H,10H2,1-2H3,(H,21,22). The van der Waals surface area contributed by atoms with E-state index < -0.39 is 5.60 Å². The van der Waals surface area contributed by atoms with Crippen molar-refractivity contribution in [2.75, 3.05) is 0 Å². The molecule has 0 fully saturated rings. The summed E-state index contributed by atoms with van der Waals surface area (Å²) in [5.41, 5.74) is 1.12. The molecule has 0 atom stereocenters. The predicted molar refractivity (Wildman–Crippen MR) is 100 cm³/mol. The largest absolute Gasteiger partial charge is 0.478 e. The van der Waals surface area contributed by atoms with E-state index in [1.165, 1.54) is 0 Å². The van der Waals surface area contributed by atoms with E-state index in [-0.39, 0.29) is 5.91 Å². The molecule has 0 saturated carbocycles. The Bertz CT molecular complexity index is 838. The van der Waals surface area contributed by atoms with Crippen LogP contribution in [0.3, 0.4) is 0 Å². The lowest BCUT2D eigenvalue weighted by atomic mass is 10.1. The number of nitrogens with one attached hydrogen (secondary N) is 1. The van der Waals surface area contributed by atoms with Gasteiger partial charge in [0.2, 0.25) is 0 Å². The molecule has 4 nitrogen and oxygen atoms in total. The predicted octanol–water partition coefficient (Wildman–Crippen LogP) is 5.14. The van der Waals surface area contributed by atoms with Crippen LogP contribution in [0.2, 0.25) is 5.02 Å². The Balaban J connectivity index is 1.58. The van der Waals surface area contributed by atoms with Gasteiger partial charge in [-0.2, -0.15) is 0 Å². The van der Waals surface area contributed by atoms with Crippen molar-refractivity contribution in [3.05, 3.63) is 64.2 Å². The normalized spacial score (nSPS) is 11.3. The third-order valence-corrected chi connectivity index (χ3v) is 4.85. The van der Waals surface area contributed by atoms with Gasteiger partial charge in [0.25, 0.3) is 5.91 Å². The highest BCUT2D eigenvalue weighted by molar-refractivity contribution is 7.10. The van der Waals surface area contributed by atoms with E-state index in [0.717, 1.165) is 16.0 Å². The fraction of sp³-hybridized carbons (Fsp3) is 0.211. The van der Waals surface area contributed by atoms with Gasteiger partial charge in [-0.05, 0) is 61.2 Å². The van der Waals surface area contributed by atoms with Gasteiger partial charge in [-0.25, -0.2) is 0 Å². The maximum Gasteiger partial charge on any atom is 0.263 e. The van der Waals surface area contributed by atoms with Gasteiger partial charge in [0.05, 0.1) is 19.1 Å². The number of amides is 1. The van der Waals surface area contributed by atoms with Crippen LogP contribution < -0.4 is 10.1 Å². The van der Waals surface area contributed by atoms with Gasteiger partial charge in [0, 0.05) is 15.5 Å². The highest BCUT2D eigenvalue weighted by Gasteiger charge is 2.29. The summed E-state index contributed by atoms with van der Waals surface area (Å²) < 4.78 is 10.9. The van der Waals surface area contributed by atoms with Gasteiger partial charge in [-0.15, -0.1) is 11.3 Å². The average Bonchev–Trinajstić information content (AvgIpc) is 3.25. The van der Waals surface area contributed by atoms with E-state index in [2.05, 4.69) is 5.32 Å². The molecule has 2 heterocycles. The van der Waals surface area contributed by atoms with Crippen LogP contribution in [-0.2, 0) is 11.3 Å². The van der Waals surface area contributed by atoms with Crippen LogP contribution in [0.5, 0.6) is 5.75 Å². The van der Waals surface area contributed by atoms with Gasteiger partial charge in [0.1, 0.15) is 5.75 Å². The Hall–Kier alpha value is -2.24. The molecule has 3 rings (SSSR count). The van der Waals surface area contributed by atoms with E-state index in [1.54, 1.807) is 62.0 Å².